The maximum Gasteiger partial charge on any atom is 0.397 e. The van der Waals surface area contributed by atoms with Gasteiger partial charge in [0.25, 0.3) is 10.1 Å². The van der Waals surface area contributed by atoms with Crippen molar-refractivity contribution in [3.8, 4) is 0 Å². The van der Waals surface area contributed by atoms with Gasteiger partial charge < -0.3 is 37.9 Å². The van der Waals surface area contributed by atoms with Gasteiger partial charge in [-0.15, -0.1) is 0 Å². The summed E-state index contributed by atoms with van der Waals surface area (Å²) in [7, 11) is -83.7. The van der Waals surface area contributed by atoms with E-state index in [9.17, 15) is 169 Å². The molecule has 8 aliphatic rings. The van der Waals surface area contributed by atoms with Gasteiger partial charge in [0, 0.05) is 0 Å². The summed E-state index contributed by atoms with van der Waals surface area (Å²) >= 11 is 0. The summed E-state index contributed by atoms with van der Waals surface area (Å²) in [6.07, 6.45) is -60.1. The molecule has 0 bridgehead atoms. The lowest BCUT2D eigenvalue weighted by Gasteiger charge is -2.61. The summed E-state index contributed by atoms with van der Waals surface area (Å²) in [6, 6.07) is 0. The van der Waals surface area contributed by atoms with Gasteiger partial charge in [-0.05, 0) is 110 Å². The third-order valence-corrected chi connectivity index (χ3v) is 28.8. The lowest BCUT2D eigenvalue weighted by atomic mass is 9.44. The topological polar surface area (TPSA) is 891 Å². The van der Waals surface area contributed by atoms with E-state index in [1.807, 2.05) is 0 Å². The average Bonchev–Trinajstić information content (AvgIpc) is 1.69. The highest BCUT2D eigenvalue weighted by Crippen LogP contribution is 2.69. The van der Waals surface area contributed by atoms with Crippen molar-refractivity contribution in [1.82, 2.24) is 0 Å². The molecule has 4 heterocycles. The van der Waals surface area contributed by atoms with Gasteiger partial charge in [-0.25, -0.2) is 50.2 Å². The number of hydrogen-bond acceptors (Lipinski definition) is 46. The minimum absolute atomic E-state index is 0.00871. The summed E-state index contributed by atoms with van der Waals surface area (Å²) in [6.45, 7) is 2.18. The highest BCUT2D eigenvalue weighted by molar-refractivity contribution is 7.86. The molecular formula is C51H88O59S13. The average molecular weight is 2060 g/mol. The molecular weight excluding hydrogens is 1970 g/mol. The Kier molecular flexibility index (Phi) is 34.0. The molecule has 29 atom stereocenters. The third-order valence-electron chi connectivity index (χ3n) is 22.1. The van der Waals surface area contributed by atoms with E-state index >= 15 is 0 Å². The van der Waals surface area contributed by atoms with Gasteiger partial charge in [0.1, 0.15) is 72.4 Å². The largest absolute Gasteiger partial charge is 0.397 e. The van der Waals surface area contributed by atoms with Crippen LogP contribution in [-0.4, -0.2) is 323 Å². The first-order valence-electron chi connectivity index (χ1n) is 35.4. The standard InChI is InChI=1S/C51H88O59S13/c1-22(2)7-6-8-23(3)27-11-12-28-26-10-9-24-17-25(13-15-50(24,4)29(26)14-16-51(27,28)5)95-49-44(110-123(88,89)90)45(111(52,53)54)37(33(99-49)21-94-115(64,65)66)102-48-42(108-121(82,83)84)39(105-118(73,74)75)35(31(97-48)19-92-113(58,59)60)100-46-41(107-120(79,80)81)38(104-117(70,71)72)34(30(96-46)18-91-112(55,56)57)101-47-43(109-122(85,86)87)40(106-119(76,77)78)36(103-116(67,68)69)32(98-47)20-93-114(61,62)63/h22-49H,6-21H2,1-5H3,(H,52,53,54)(H,55,56,57)(H,58,59,60)(H,61,62,63)(H,64,65,66)(H,67,68,69)(H,70,71,72)(H,73,74,75)(H,76,77,78)(H,79,80,81)(H,82,83,84)(H,85,86,87)(H,88,89,90)/t23?,24-,25?,26-,27-,28-,29+,30?,31?,32?,33?,34?,35?,36?,37?,38?,39?,40?,41?,42?,43?,44?,45?,46?,47?,48?,49?,50-,51+/m1/s1. The fraction of sp³-hybridized carbons (Fsp3) is 1.00. The Morgan fingerprint density at radius 1 is 0.317 bits per heavy atom. The van der Waals surface area contributed by atoms with Gasteiger partial charge >= 0.3 is 125 Å². The Hall–Kier alpha value is -1.97. The van der Waals surface area contributed by atoms with E-state index in [4.69, 9.17) is 42.1 Å². The Bertz CT molecular complexity index is 5290. The highest BCUT2D eigenvalue weighted by Gasteiger charge is 2.66. The first kappa shape index (κ1) is 106. The summed E-state index contributed by atoms with van der Waals surface area (Å²) < 4.78 is 559. The second-order valence-electron chi connectivity index (χ2n) is 30.4. The first-order chi connectivity index (χ1) is 55.5. The molecule has 0 amide bonds. The lowest BCUT2D eigenvalue weighted by Crippen LogP contribution is -2.70. The van der Waals surface area contributed by atoms with Crippen molar-refractivity contribution >= 4 is 135 Å². The van der Waals surface area contributed by atoms with Gasteiger partial charge in [-0.3, -0.25) is 59.2 Å². The second-order valence-corrected chi connectivity index (χ2v) is 44.8. The molecule has 0 radical (unpaired) electrons. The van der Waals surface area contributed by atoms with E-state index in [0.29, 0.717) is 42.9 Å². The Balaban J connectivity index is 1.24. The zero-order valence-electron chi connectivity index (χ0n) is 63.4. The number of ether oxygens (including phenoxy) is 8. The maximum atomic E-state index is 14.2. The van der Waals surface area contributed by atoms with Crippen LogP contribution in [0.1, 0.15) is 112 Å². The van der Waals surface area contributed by atoms with Crippen molar-refractivity contribution in [3.05, 3.63) is 0 Å². The van der Waals surface area contributed by atoms with E-state index in [-0.39, 0.29) is 36.0 Å². The molecule has 4 saturated heterocycles. The van der Waals surface area contributed by atoms with Crippen LogP contribution in [0.25, 0.3) is 0 Å². The first-order valence-corrected chi connectivity index (χ1v) is 53.3. The zero-order chi connectivity index (χ0) is 93.1. The highest BCUT2D eigenvalue weighted by atomic mass is 32.3. The third kappa shape index (κ3) is 31.1. The predicted molar refractivity (Wildman–Crippen MR) is 384 cm³/mol. The smallest absolute Gasteiger partial charge is 0.347 e. The Labute approximate surface area is 705 Å². The molecule has 59 nitrogen and oxygen atoms in total. The fourth-order valence-electron chi connectivity index (χ4n) is 17.9. The van der Waals surface area contributed by atoms with Crippen LogP contribution in [0.3, 0.4) is 0 Å². The fourth-order valence-corrected chi connectivity index (χ4v) is 24.3. The molecule has 0 aromatic rings. The van der Waals surface area contributed by atoms with Gasteiger partial charge in [0.15, 0.2) is 49.6 Å². The predicted octanol–water partition coefficient (Wildman–Crippen LogP) is -3.41. The molecule has 4 aliphatic heterocycles. The van der Waals surface area contributed by atoms with E-state index in [2.05, 4.69) is 80.6 Å². The maximum absolute atomic E-state index is 14.2. The molecule has 72 heteroatoms. The molecule has 0 aromatic heterocycles. The minimum atomic E-state index is -6.78. The van der Waals surface area contributed by atoms with E-state index < -0.39 is 295 Å². The van der Waals surface area contributed by atoms with E-state index in [1.165, 1.54) is 0 Å². The van der Waals surface area contributed by atoms with Crippen molar-refractivity contribution in [1.29, 1.82) is 0 Å². The van der Waals surface area contributed by atoms with Gasteiger partial charge in [0.2, 0.25) is 0 Å². The van der Waals surface area contributed by atoms with Crippen LogP contribution in [0.15, 0.2) is 0 Å². The van der Waals surface area contributed by atoms with Crippen molar-refractivity contribution in [3.63, 3.8) is 0 Å². The Morgan fingerprint density at radius 2 is 0.626 bits per heavy atom. The lowest BCUT2D eigenvalue weighted by molar-refractivity contribution is -0.375. The van der Waals surface area contributed by atoms with Gasteiger partial charge in [0.05, 0.1) is 32.5 Å². The molecule has 4 aliphatic carbocycles. The SMILES string of the molecule is CC(C)CCCC(C)[C@H]1CC[C@@H]2[C@H]3CC[C@@H]4CC(OC5OC(COS(=O)(=O)O)C(OC6OC(COS(=O)(=O)O)C(OC7OC(COS(=O)(=O)O)C(OC8OC(COS(=O)(=O)O)C(OS(=O)(=O)O)C(OS(=O)(=O)O)C8OS(=O)(=O)O)C(OS(=O)(=O)O)C7OS(=O)(=O)O)C(OS(=O)(=O)O)C6OS(=O)(=O)O)C(S(=O)(=O)O)C5OS(=O)(=O)O)CC[C@@]4(C)[C@H]3CC[C@@]12C. The van der Waals surface area contributed by atoms with Crippen LogP contribution in [0, 0.1) is 52.3 Å². The van der Waals surface area contributed by atoms with E-state index in [1.54, 1.807) is 0 Å². The number of rotatable bonds is 42. The van der Waals surface area contributed by atoms with Gasteiger partial charge in [-0.2, -0.15) is 109 Å². The summed E-state index contributed by atoms with van der Waals surface area (Å²) in [5.41, 5.74) is -0.417. The van der Waals surface area contributed by atoms with Crippen LogP contribution in [0.2, 0.25) is 0 Å². The number of fused-ring (bicyclic) bond motifs is 5. The minimum Gasteiger partial charge on any atom is -0.347 e. The molecule has 8 rings (SSSR count). The number of hydrogen-bond donors (Lipinski definition) is 13. The van der Waals surface area contributed by atoms with E-state index in [0.717, 1.165) is 44.9 Å². The van der Waals surface area contributed by atoms with Crippen LogP contribution in [-0.2, 0) is 223 Å². The van der Waals surface area contributed by atoms with Crippen molar-refractivity contribution < 1.29 is 257 Å². The van der Waals surface area contributed by atoms with Crippen LogP contribution < -0.4 is 0 Å². The molecule has 13 N–H and O–H groups in total. The van der Waals surface area contributed by atoms with Crippen LogP contribution in [0.5, 0.6) is 0 Å². The van der Waals surface area contributed by atoms with Gasteiger partial charge in [-0.1, -0.05) is 53.9 Å². The molecule has 0 aromatic carbocycles. The zero-order valence-corrected chi connectivity index (χ0v) is 74.0. The Morgan fingerprint density at radius 3 is 0.984 bits per heavy atom. The second kappa shape index (κ2) is 39.3. The van der Waals surface area contributed by atoms with Crippen molar-refractivity contribution in [2.45, 2.75) is 240 Å². The quantitative estimate of drug-likeness (QED) is 0.0209. The molecule has 123 heavy (non-hydrogen) atoms. The van der Waals surface area contributed by atoms with Crippen molar-refractivity contribution in [2.75, 3.05) is 26.4 Å². The van der Waals surface area contributed by atoms with Crippen LogP contribution in [0.4, 0.5) is 0 Å². The molecule has 8 fully saturated rings. The summed E-state index contributed by atoms with van der Waals surface area (Å²) in [4.78, 5) is 0. The molecule has 724 valence electrons. The van der Waals surface area contributed by atoms with Crippen LogP contribution >= 0.6 is 0 Å². The summed E-state index contributed by atoms with van der Waals surface area (Å²) in [5, 5.41) is -3.54. The van der Waals surface area contributed by atoms with Crippen molar-refractivity contribution in [2.24, 2.45) is 52.3 Å². The molecule has 0 spiro atoms. The monoisotopic (exact) mass is 2060 g/mol. The summed E-state index contributed by atoms with van der Waals surface area (Å²) in [5.74, 6) is 1.92. The molecule has 22 unspecified atom stereocenters. The normalized spacial score (nSPS) is 37.3. The molecule has 4 saturated carbocycles.